The van der Waals surface area contributed by atoms with Crippen molar-refractivity contribution in [2.24, 2.45) is 0 Å². The minimum Gasteiger partial charge on any atom is -0.453 e. The van der Waals surface area contributed by atoms with Gasteiger partial charge in [0.1, 0.15) is 0 Å². The van der Waals surface area contributed by atoms with Crippen LogP contribution in [0.5, 0.6) is 0 Å². The van der Waals surface area contributed by atoms with Crippen molar-refractivity contribution >= 4 is 28.3 Å². The zero-order valence-electron chi connectivity index (χ0n) is 12.4. The lowest BCUT2D eigenvalue weighted by molar-refractivity contribution is -0.152. The summed E-state index contributed by atoms with van der Waals surface area (Å²) >= 11 is 1.13. The predicted molar refractivity (Wildman–Crippen MR) is 81.9 cm³/mol. The molecule has 0 fully saturated rings. The summed E-state index contributed by atoms with van der Waals surface area (Å²) in [6.07, 6.45) is -0.770. The van der Waals surface area contributed by atoms with E-state index < -0.39 is 29.6 Å². The van der Waals surface area contributed by atoms with Crippen LogP contribution < -0.4 is 5.32 Å². The number of ether oxygens (including phenoxy) is 1. The van der Waals surface area contributed by atoms with Gasteiger partial charge in [-0.2, -0.15) is 0 Å². The number of nitrogens with one attached hydrogen (secondary N) is 1. The monoisotopic (exact) mass is 340 g/mol. The molecule has 0 saturated heterocycles. The number of aromatic nitrogens is 1. The van der Waals surface area contributed by atoms with Crippen LogP contribution in [0.4, 0.5) is 13.9 Å². The molecule has 0 bridgehead atoms. The van der Waals surface area contributed by atoms with Crippen LogP contribution in [0.25, 0.3) is 11.3 Å². The number of halogens is 2. The summed E-state index contributed by atoms with van der Waals surface area (Å²) in [5.74, 6) is -2.91. The second-order valence-corrected chi connectivity index (χ2v) is 5.50. The van der Waals surface area contributed by atoms with Gasteiger partial charge in [0.15, 0.2) is 22.9 Å². The zero-order valence-corrected chi connectivity index (χ0v) is 13.2. The largest absolute Gasteiger partial charge is 0.453 e. The van der Waals surface area contributed by atoms with E-state index in [9.17, 15) is 18.4 Å². The molecule has 2 aromatic rings. The highest BCUT2D eigenvalue weighted by atomic mass is 32.1. The number of nitrogens with zero attached hydrogens (tertiary/aromatic N) is 1. The van der Waals surface area contributed by atoms with Crippen molar-refractivity contribution in [1.82, 2.24) is 4.98 Å². The highest BCUT2D eigenvalue weighted by Gasteiger charge is 2.18. The Labute approximate surface area is 135 Å². The Morgan fingerprint density at radius 2 is 2.09 bits per heavy atom. The molecule has 1 aromatic carbocycles. The average molecular weight is 340 g/mol. The third-order valence-corrected chi connectivity index (χ3v) is 3.67. The van der Waals surface area contributed by atoms with E-state index in [4.69, 9.17) is 4.74 Å². The van der Waals surface area contributed by atoms with Crippen molar-refractivity contribution in [3.05, 3.63) is 35.2 Å². The van der Waals surface area contributed by atoms with Crippen molar-refractivity contribution in [2.75, 3.05) is 5.32 Å². The fourth-order valence-corrected chi connectivity index (χ4v) is 2.38. The van der Waals surface area contributed by atoms with E-state index in [-0.39, 0.29) is 11.6 Å². The maximum atomic E-state index is 13.2. The average Bonchev–Trinajstić information content (AvgIpc) is 2.98. The maximum Gasteiger partial charge on any atom is 0.306 e. The topological polar surface area (TPSA) is 68.3 Å². The number of carbonyl (C=O) groups excluding carboxylic acids is 2. The first kappa shape index (κ1) is 17.0. The van der Waals surface area contributed by atoms with Gasteiger partial charge >= 0.3 is 5.97 Å². The highest BCUT2D eigenvalue weighted by molar-refractivity contribution is 7.14. The number of esters is 1. The summed E-state index contributed by atoms with van der Waals surface area (Å²) in [5, 5.41) is 4.39. The predicted octanol–water partition coefficient (Wildman–Crippen LogP) is 3.37. The first-order valence-electron chi connectivity index (χ1n) is 6.82. The van der Waals surface area contributed by atoms with Crippen molar-refractivity contribution in [3.63, 3.8) is 0 Å². The van der Waals surface area contributed by atoms with Crippen molar-refractivity contribution in [1.29, 1.82) is 0 Å². The second kappa shape index (κ2) is 7.28. The molecule has 1 heterocycles. The molecule has 0 unspecified atom stereocenters. The molecule has 0 aliphatic rings. The van der Waals surface area contributed by atoms with Crippen LogP contribution in [0.15, 0.2) is 23.6 Å². The van der Waals surface area contributed by atoms with Crippen LogP contribution in [-0.2, 0) is 14.3 Å². The van der Waals surface area contributed by atoms with Gasteiger partial charge in [0.25, 0.3) is 5.91 Å². The van der Waals surface area contributed by atoms with E-state index in [1.54, 1.807) is 12.3 Å². The van der Waals surface area contributed by atoms with Gasteiger partial charge in [0.05, 0.1) is 5.69 Å². The molecule has 1 aromatic heterocycles. The van der Waals surface area contributed by atoms with Crippen LogP contribution in [0.2, 0.25) is 0 Å². The fraction of sp³-hybridized carbons (Fsp3) is 0.267. The Morgan fingerprint density at radius 1 is 1.35 bits per heavy atom. The maximum absolute atomic E-state index is 13.2. The number of carbonyl (C=O) groups is 2. The molecule has 2 rings (SSSR count). The number of amides is 1. The molecular formula is C15H14F2N2O3S. The van der Waals surface area contributed by atoms with E-state index in [1.807, 2.05) is 0 Å². The van der Waals surface area contributed by atoms with Crippen LogP contribution in [0.3, 0.4) is 0 Å². The molecule has 5 nitrogen and oxygen atoms in total. The number of rotatable bonds is 5. The minimum atomic E-state index is -0.971. The lowest BCUT2D eigenvalue weighted by Gasteiger charge is -2.11. The summed E-state index contributed by atoms with van der Waals surface area (Å²) in [6.45, 7) is 3.08. The Balaban J connectivity index is 2.06. The Kier molecular flexibility index (Phi) is 5.38. The molecule has 1 atom stereocenters. The van der Waals surface area contributed by atoms with Crippen molar-refractivity contribution in [3.8, 4) is 11.3 Å². The van der Waals surface area contributed by atoms with Crippen molar-refractivity contribution in [2.45, 2.75) is 26.4 Å². The van der Waals surface area contributed by atoms with E-state index >= 15 is 0 Å². The third kappa shape index (κ3) is 4.32. The molecule has 0 radical (unpaired) electrons. The first-order chi connectivity index (χ1) is 10.9. The van der Waals surface area contributed by atoms with E-state index in [0.29, 0.717) is 11.3 Å². The Morgan fingerprint density at radius 3 is 2.74 bits per heavy atom. The van der Waals surface area contributed by atoms with Gasteiger partial charge < -0.3 is 4.74 Å². The standard InChI is InChI=1S/C15H14F2N2O3S/c1-3-13(20)22-8(2)14(21)19-15-18-12(7-23-15)9-4-5-10(16)11(17)6-9/h4-8H,3H2,1-2H3,(H,18,19,21)/t8-/m0/s1. The Bertz CT molecular complexity index is 733. The molecule has 23 heavy (non-hydrogen) atoms. The minimum absolute atomic E-state index is 0.176. The number of hydrogen-bond acceptors (Lipinski definition) is 5. The van der Waals surface area contributed by atoms with Crippen LogP contribution >= 0.6 is 11.3 Å². The van der Waals surface area contributed by atoms with Gasteiger partial charge in [0.2, 0.25) is 0 Å². The van der Waals surface area contributed by atoms with Gasteiger partial charge in [-0.15, -0.1) is 11.3 Å². The van der Waals surface area contributed by atoms with Crippen LogP contribution in [0, 0.1) is 11.6 Å². The number of anilines is 1. The lowest BCUT2D eigenvalue weighted by atomic mass is 10.2. The highest BCUT2D eigenvalue weighted by Crippen LogP contribution is 2.26. The molecule has 8 heteroatoms. The molecule has 0 aliphatic carbocycles. The van der Waals surface area contributed by atoms with Gasteiger partial charge in [-0.3, -0.25) is 14.9 Å². The quantitative estimate of drug-likeness (QED) is 0.848. The number of benzene rings is 1. The molecule has 1 N–H and O–H groups in total. The van der Waals surface area contributed by atoms with E-state index in [0.717, 1.165) is 23.5 Å². The number of thiazole rings is 1. The normalized spacial score (nSPS) is 11.8. The van der Waals surface area contributed by atoms with Gasteiger partial charge in [-0.1, -0.05) is 6.92 Å². The SMILES string of the molecule is CCC(=O)O[C@@H](C)C(=O)Nc1nc(-c2ccc(F)c(F)c2)cs1. The van der Waals surface area contributed by atoms with Crippen LogP contribution in [0.1, 0.15) is 20.3 Å². The smallest absolute Gasteiger partial charge is 0.306 e. The molecule has 0 spiro atoms. The second-order valence-electron chi connectivity index (χ2n) is 4.64. The summed E-state index contributed by atoms with van der Waals surface area (Å²) in [5.41, 5.74) is 0.800. The number of hydrogen-bond donors (Lipinski definition) is 1. The summed E-state index contributed by atoms with van der Waals surface area (Å²) in [4.78, 5) is 27.2. The van der Waals surface area contributed by atoms with Crippen LogP contribution in [-0.4, -0.2) is 23.0 Å². The molecule has 0 aliphatic heterocycles. The lowest BCUT2D eigenvalue weighted by Crippen LogP contribution is -2.29. The molecule has 1 amide bonds. The van der Waals surface area contributed by atoms with Gasteiger partial charge in [-0.05, 0) is 25.1 Å². The summed E-state index contributed by atoms with van der Waals surface area (Å²) < 4.78 is 31.0. The zero-order chi connectivity index (χ0) is 17.0. The summed E-state index contributed by atoms with van der Waals surface area (Å²) in [6, 6.07) is 3.43. The molecule has 122 valence electrons. The van der Waals surface area contributed by atoms with E-state index in [2.05, 4.69) is 10.3 Å². The molecular weight excluding hydrogens is 326 g/mol. The van der Waals surface area contributed by atoms with Gasteiger partial charge in [0, 0.05) is 17.4 Å². The fourth-order valence-electron chi connectivity index (χ4n) is 1.66. The van der Waals surface area contributed by atoms with E-state index in [1.165, 1.54) is 13.0 Å². The third-order valence-electron chi connectivity index (χ3n) is 2.92. The molecule has 0 saturated carbocycles. The van der Waals surface area contributed by atoms with Crippen molar-refractivity contribution < 1.29 is 23.1 Å². The summed E-state index contributed by atoms with van der Waals surface area (Å²) in [7, 11) is 0. The van der Waals surface area contributed by atoms with Gasteiger partial charge in [-0.25, -0.2) is 13.8 Å². The first-order valence-corrected chi connectivity index (χ1v) is 7.70. The Hall–Kier alpha value is -2.35.